The van der Waals surface area contributed by atoms with Gasteiger partial charge in [-0.15, -0.1) is 11.3 Å². The summed E-state index contributed by atoms with van der Waals surface area (Å²) in [5.41, 5.74) is 1.36. The molecular formula is C24H17N5O5S. The first-order chi connectivity index (χ1) is 17.0. The Morgan fingerprint density at radius 2 is 1.89 bits per heavy atom. The Bertz CT molecular complexity index is 1530. The van der Waals surface area contributed by atoms with E-state index in [1.807, 2.05) is 23.6 Å². The lowest BCUT2D eigenvalue weighted by atomic mass is 10.2. The fourth-order valence-electron chi connectivity index (χ4n) is 3.46. The number of carbonyl (C=O) groups is 1. The third kappa shape index (κ3) is 4.52. The number of nitrogens with zero attached hydrogens (tertiary/aromatic N) is 4. The lowest BCUT2D eigenvalue weighted by molar-refractivity contribution is -0.384. The van der Waals surface area contributed by atoms with E-state index < -0.39 is 10.8 Å². The highest BCUT2D eigenvalue weighted by molar-refractivity contribution is 7.13. The summed E-state index contributed by atoms with van der Waals surface area (Å²) in [6, 6.07) is 16.5. The van der Waals surface area contributed by atoms with Crippen molar-refractivity contribution in [2.45, 2.75) is 0 Å². The molecule has 3 heterocycles. The molecule has 0 saturated heterocycles. The second kappa shape index (κ2) is 9.23. The molecule has 10 nitrogen and oxygen atoms in total. The van der Waals surface area contributed by atoms with Gasteiger partial charge < -0.3 is 14.8 Å². The number of nitrogens with one attached hydrogen (secondary N) is 1. The Morgan fingerprint density at radius 3 is 2.60 bits per heavy atom. The number of aromatic nitrogens is 3. The molecule has 5 rings (SSSR count). The van der Waals surface area contributed by atoms with Gasteiger partial charge in [-0.2, -0.15) is 5.10 Å². The van der Waals surface area contributed by atoms with Crippen molar-refractivity contribution in [3.8, 4) is 27.8 Å². The number of amides is 1. The molecule has 0 bridgehead atoms. The number of methoxy groups -OCH3 is 1. The van der Waals surface area contributed by atoms with Gasteiger partial charge in [-0.1, -0.05) is 6.07 Å². The van der Waals surface area contributed by atoms with Crippen LogP contribution in [0.3, 0.4) is 0 Å². The molecule has 0 unspecified atom stereocenters. The molecule has 1 amide bonds. The summed E-state index contributed by atoms with van der Waals surface area (Å²) < 4.78 is 12.5. The fourth-order valence-corrected chi connectivity index (χ4v) is 4.20. The lowest BCUT2D eigenvalue weighted by Gasteiger charge is -2.10. The molecule has 0 saturated carbocycles. The van der Waals surface area contributed by atoms with Crippen molar-refractivity contribution < 1.29 is 19.2 Å². The van der Waals surface area contributed by atoms with Crippen LogP contribution in [0.15, 0.2) is 78.4 Å². The lowest BCUT2D eigenvalue weighted by Crippen LogP contribution is -2.12. The topological polar surface area (TPSA) is 121 Å². The minimum absolute atomic E-state index is 0.192. The maximum Gasteiger partial charge on any atom is 0.275 e. The number of rotatable bonds is 7. The maximum absolute atomic E-state index is 13.1. The number of non-ortho nitro benzene ring substituents is 1. The van der Waals surface area contributed by atoms with E-state index in [1.165, 1.54) is 24.4 Å². The van der Waals surface area contributed by atoms with Crippen molar-refractivity contribution in [3.63, 3.8) is 0 Å². The van der Waals surface area contributed by atoms with Gasteiger partial charge in [0.25, 0.3) is 11.6 Å². The van der Waals surface area contributed by atoms with Gasteiger partial charge in [-0.3, -0.25) is 14.9 Å². The van der Waals surface area contributed by atoms with Crippen LogP contribution in [-0.4, -0.2) is 32.5 Å². The zero-order valence-electron chi connectivity index (χ0n) is 18.2. The molecule has 0 atom stereocenters. The van der Waals surface area contributed by atoms with E-state index in [0.29, 0.717) is 17.1 Å². The number of hydrogen-bond acceptors (Lipinski definition) is 8. The summed E-state index contributed by atoms with van der Waals surface area (Å²) in [6.45, 7) is 0. The number of carbonyl (C=O) groups excluding carboxylic acids is 1. The highest BCUT2D eigenvalue weighted by atomic mass is 32.1. The first-order valence-corrected chi connectivity index (χ1v) is 11.2. The highest BCUT2D eigenvalue weighted by Gasteiger charge is 2.19. The van der Waals surface area contributed by atoms with E-state index in [0.717, 1.165) is 10.6 Å². The predicted octanol–water partition coefficient (Wildman–Crippen LogP) is 5.42. The molecular weight excluding hydrogens is 470 g/mol. The summed E-state index contributed by atoms with van der Waals surface area (Å²) in [7, 11) is 1.55. The van der Waals surface area contributed by atoms with Crippen LogP contribution in [0.2, 0.25) is 0 Å². The molecule has 1 N–H and O–H groups in total. The molecule has 35 heavy (non-hydrogen) atoms. The Labute approximate surface area is 202 Å². The quantitative estimate of drug-likeness (QED) is 0.240. The molecule has 174 valence electrons. The summed E-state index contributed by atoms with van der Waals surface area (Å²) in [5, 5.41) is 20.5. The fraction of sp³-hybridized carbons (Fsp3) is 0.0417. The molecule has 11 heteroatoms. The first-order valence-electron chi connectivity index (χ1n) is 10.3. The first kappa shape index (κ1) is 22.0. The van der Waals surface area contributed by atoms with E-state index in [2.05, 4.69) is 15.4 Å². The minimum atomic E-state index is -0.555. The molecule has 0 radical (unpaired) electrons. The number of nitro groups is 1. The van der Waals surface area contributed by atoms with Crippen molar-refractivity contribution in [1.82, 2.24) is 14.6 Å². The maximum atomic E-state index is 13.1. The summed E-state index contributed by atoms with van der Waals surface area (Å²) in [4.78, 5) is 29.3. The Balaban J connectivity index is 1.44. The zero-order valence-corrected chi connectivity index (χ0v) is 19.1. The number of hydrogen-bond donors (Lipinski definition) is 1. The summed E-state index contributed by atoms with van der Waals surface area (Å²) in [5.74, 6) is 0.787. The molecule has 0 fully saturated rings. The van der Waals surface area contributed by atoms with Gasteiger partial charge in [-0.05, 0) is 41.8 Å². The van der Waals surface area contributed by atoms with E-state index in [9.17, 15) is 14.9 Å². The van der Waals surface area contributed by atoms with Crippen molar-refractivity contribution in [3.05, 3.63) is 94.1 Å². The van der Waals surface area contributed by atoms with Crippen molar-refractivity contribution in [2.75, 3.05) is 12.4 Å². The Morgan fingerprint density at radius 1 is 1.09 bits per heavy atom. The second-order valence-corrected chi connectivity index (χ2v) is 8.25. The van der Waals surface area contributed by atoms with E-state index in [1.54, 1.807) is 53.4 Å². The van der Waals surface area contributed by atoms with Crippen molar-refractivity contribution in [2.24, 2.45) is 0 Å². The highest BCUT2D eigenvalue weighted by Crippen LogP contribution is 2.31. The van der Waals surface area contributed by atoms with Gasteiger partial charge in [0.15, 0.2) is 5.65 Å². The number of anilines is 1. The molecule has 0 aliphatic rings. The average Bonchev–Trinajstić information content (AvgIpc) is 3.54. The third-order valence-electron chi connectivity index (χ3n) is 5.07. The molecule has 0 aliphatic carbocycles. The van der Waals surface area contributed by atoms with Crippen LogP contribution >= 0.6 is 11.3 Å². The molecule has 5 aromatic rings. The van der Waals surface area contributed by atoms with E-state index in [4.69, 9.17) is 9.47 Å². The third-order valence-corrected chi connectivity index (χ3v) is 5.97. The molecule has 3 aromatic heterocycles. The van der Waals surface area contributed by atoms with Crippen LogP contribution in [0.4, 0.5) is 11.4 Å². The Hall–Kier alpha value is -4.77. The van der Waals surface area contributed by atoms with Gasteiger partial charge >= 0.3 is 0 Å². The van der Waals surface area contributed by atoms with Gasteiger partial charge in [0.1, 0.15) is 22.8 Å². The average molecular weight is 487 g/mol. The van der Waals surface area contributed by atoms with Crippen LogP contribution < -0.4 is 14.8 Å². The van der Waals surface area contributed by atoms with Crippen molar-refractivity contribution >= 4 is 34.3 Å². The van der Waals surface area contributed by atoms with Crippen LogP contribution in [0.25, 0.3) is 16.2 Å². The number of thiophene rings is 1. The molecule has 2 aromatic carbocycles. The normalized spacial score (nSPS) is 10.8. The zero-order chi connectivity index (χ0) is 24.4. The monoisotopic (exact) mass is 487 g/mol. The van der Waals surface area contributed by atoms with Gasteiger partial charge in [0.2, 0.25) is 0 Å². The molecule has 0 aliphatic heterocycles. The number of fused-ring (bicyclic) bond motifs is 1. The number of nitro benzene ring substituents is 1. The number of benzene rings is 2. The Kier molecular flexibility index (Phi) is 5.81. The standard InChI is InChI=1S/C24H17N5O5S/c1-33-17-4-6-18(7-5-17)34-19-12-15(11-16(13-19)29(31)32)27-24(30)20-14-26-28-21(8-9-25-23(20)28)22-3-2-10-35-22/h2-14H,1H3,(H,27,30). The van der Waals surface area contributed by atoms with Crippen LogP contribution in [0.5, 0.6) is 17.2 Å². The van der Waals surface area contributed by atoms with E-state index >= 15 is 0 Å². The minimum Gasteiger partial charge on any atom is -0.497 e. The van der Waals surface area contributed by atoms with Gasteiger partial charge in [0, 0.05) is 18.3 Å². The van der Waals surface area contributed by atoms with Crippen LogP contribution in [0, 0.1) is 10.1 Å². The largest absolute Gasteiger partial charge is 0.497 e. The van der Waals surface area contributed by atoms with E-state index in [-0.39, 0.29) is 22.7 Å². The smallest absolute Gasteiger partial charge is 0.275 e. The summed E-state index contributed by atoms with van der Waals surface area (Å²) >= 11 is 1.55. The second-order valence-electron chi connectivity index (χ2n) is 7.31. The van der Waals surface area contributed by atoms with Crippen LogP contribution in [0.1, 0.15) is 10.4 Å². The van der Waals surface area contributed by atoms with Gasteiger partial charge in [0.05, 0.1) is 40.6 Å². The van der Waals surface area contributed by atoms with Gasteiger partial charge in [-0.25, -0.2) is 9.50 Å². The molecule has 0 spiro atoms. The van der Waals surface area contributed by atoms with Crippen molar-refractivity contribution in [1.29, 1.82) is 0 Å². The predicted molar refractivity (Wildman–Crippen MR) is 130 cm³/mol. The number of ether oxygens (including phenoxy) is 2. The van der Waals surface area contributed by atoms with Crippen LogP contribution in [-0.2, 0) is 0 Å². The summed E-state index contributed by atoms with van der Waals surface area (Å²) in [6.07, 6.45) is 3.03. The SMILES string of the molecule is COc1ccc(Oc2cc(NC(=O)c3cnn4c(-c5cccs5)ccnc34)cc([N+](=O)[O-])c2)cc1.